The Morgan fingerprint density at radius 1 is 1.36 bits per heavy atom. The van der Waals surface area contributed by atoms with Gasteiger partial charge in [-0.1, -0.05) is 0 Å². The highest BCUT2D eigenvalue weighted by Gasteiger charge is 2.16. The molecule has 1 atom stereocenters. The van der Waals surface area contributed by atoms with Gasteiger partial charge in [-0.15, -0.1) is 0 Å². The van der Waals surface area contributed by atoms with Crippen molar-refractivity contribution in [2.75, 3.05) is 13.2 Å². The second kappa shape index (κ2) is 6.79. The first-order valence-electron chi connectivity index (χ1n) is 5.07. The van der Waals surface area contributed by atoms with E-state index in [4.69, 9.17) is 10.2 Å². The predicted octanol–water partition coefficient (Wildman–Crippen LogP) is 0.942. The lowest BCUT2D eigenvalue weighted by Gasteiger charge is -2.31. The number of aliphatic hydroxyl groups excluding tert-OH is 1. The van der Waals surface area contributed by atoms with Gasteiger partial charge >= 0.3 is 5.97 Å². The number of hydrogen-bond donors (Lipinski definition) is 2. The molecule has 4 heteroatoms. The Bertz CT molecular complexity index is 171. The average molecular weight is 203 g/mol. The van der Waals surface area contributed by atoms with E-state index >= 15 is 0 Å². The Kier molecular flexibility index (Phi) is 6.49. The maximum atomic E-state index is 10.4. The average Bonchev–Trinajstić information content (AvgIpc) is 2.09. The highest BCUT2D eigenvalue weighted by molar-refractivity contribution is 5.66. The third kappa shape index (κ3) is 5.19. The van der Waals surface area contributed by atoms with E-state index in [1.807, 2.05) is 20.8 Å². The summed E-state index contributed by atoms with van der Waals surface area (Å²) in [7, 11) is 0. The first-order chi connectivity index (χ1) is 6.49. The minimum Gasteiger partial charge on any atom is -0.481 e. The monoisotopic (exact) mass is 203 g/mol. The van der Waals surface area contributed by atoms with Gasteiger partial charge in [0.2, 0.25) is 0 Å². The zero-order chi connectivity index (χ0) is 11.1. The molecule has 0 saturated heterocycles. The van der Waals surface area contributed by atoms with Crippen molar-refractivity contribution in [1.29, 1.82) is 0 Å². The van der Waals surface area contributed by atoms with Gasteiger partial charge in [0, 0.05) is 25.0 Å². The summed E-state index contributed by atoms with van der Waals surface area (Å²) in [6.07, 6.45) is 0.823. The molecule has 0 aromatic heterocycles. The molecule has 0 spiro atoms. The van der Waals surface area contributed by atoms with Crippen molar-refractivity contribution >= 4 is 5.97 Å². The van der Waals surface area contributed by atoms with E-state index in [1.54, 1.807) is 0 Å². The summed E-state index contributed by atoms with van der Waals surface area (Å²) in [5.41, 5.74) is 0. The SMILES string of the molecule is CC(C)N(CCO)C(C)CCC(=O)O. The molecular weight excluding hydrogens is 182 g/mol. The molecule has 14 heavy (non-hydrogen) atoms. The molecular formula is C10H21NO3. The lowest BCUT2D eigenvalue weighted by atomic mass is 10.1. The van der Waals surface area contributed by atoms with Crippen LogP contribution in [0.5, 0.6) is 0 Å². The maximum Gasteiger partial charge on any atom is 0.303 e. The van der Waals surface area contributed by atoms with Crippen LogP contribution in [-0.4, -0.2) is 46.3 Å². The second-order valence-electron chi connectivity index (χ2n) is 3.84. The normalized spacial score (nSPS) is 13.6. The number of carboxylic acids is 1. The number of aliphatic hydroxyl groups is 1. The van der Waals surface area contributed by atoms with Crippen LogP contribution in [0.15, 0.2) is 0 Å². The molecule has 2 N–H and O–H groups in total. The molecule has 4 nitrogen and oxygen atoms in total. The third-order valence-electron chi connectivity index (χ3n) is 2.36. The van der Waals surface area contributed by atoms with Gasteiger partial charge < -0.3 is 10.2 Å². The topological polar surface area (TPSA) is 60.8 Å². The van der Waals surface area contributed by atoms with Crippen molar-refractivity contribution in [3.05, 3.63) is 0 Å². The molecule has 0 aromatic carbocycles. The van der Waals surface area contributed by atoms with Gasteiger partial charge in [0.05, 0.1) is 6.61 Å². The van der Waals surface area contributed by atoms with Crippen molar-refractivity contribution in [1.82, 2.24) is 4.90 Å². The van der Waals surface area contributed by atoms with Gasteiger partial charge in [0.25, 0.3) is 0 Å². The highest BCUT2D eigenvalue weighted by Crippen LogP contribution is 2.10. The van der Waals surface area contributed by atoms with Gasteiger partial charge in [0.15, 0.2) is 0 Å². The zero-order valence-corrected chi connectivity index (χ0v) is 9.23. The number of hydrogen-bond acceptors (Lipinski definition) is 3. The lowest BCUT2D eigenvalue weighted by molar-refractivity contribution is -0.137. The van der Waals surface area contributed by atoms with Crippen molar-refractivity contribution in [3.8, 4) is 0 Å². The molecule has 0 heterocycles. The Morgan fingerprint density at radius 3 is 2.29 bits per heavy atom. The van der Waals surface area contributed by atoms with E-state index in [0.717, 1.165) is 0 Å². The number of rotatable bonds is 7. The van der Waals surface area contributed by atoms with E-state index in [1.165, 1.54) is 0 Å². The fourth-order valence-corrected chi connectivity index (χ4v) is 1.60. The first-order valence-corrected chi connectivity index (χ1v) is 5.07. The number of carboxylic acid groups (broad SMARTS) is 1. The minimum atomic E-state index is -0.760. The summed E-state index contributed by atoms with van der Waals surface area (Å²) in [5, 5.41) is 17.4. The fraction of sp³-hybridized carbons (Fsp3) is 0.900. The first kappa shape index (κ1) is 13.4. The van der Waals surface area contributed by atoms with Crippen LogP contribution in [0.2, 0.25) is 0 Å². The molecule has 0 aliphatic rings. The molecule has 0 rings (SSSR count). The predicted molar refractivity (Wildman–Crippen MR) is 55.3 cm³/mol. The largest absolute Gasteiger partial charge is 0.481 e. The molecule has 0 radical (unpaired) electrons. The molecule has 0 saturated carbocycles. The molecule has 0 bridgehead atoms. The van der Waals surface area contributed by atoms with E-state index in [2.05, 4.69) is 4.90 Å². The fourth-order valence-electron chi connectivity index (χ4n) is 1.60. The van der Waals surface area contributed by atoms with Gasteiger partial charge in [-0.05, 0) is 27.2 Å². The van der Waals surface area contributed by atoms with Crippen LogP contribution in [0.3, 0.4) is 0 Å². The van der Waals surface area contributed by atoms with Crippen LogP contribution in [-0.2, 0) is 4.79 Å². The van der Waals surface area contributed by atoms with Crippen molar-refractivity contribution in [2.24, 2.45) is 0 Å². The number of carbonyl (C=O) groups is 1. The quantitative estimate of drug-likeness (QED) is 0.646. The summed E-state index contributed by atoms with van der Waals surface area (Å²) < 4.78 is 0. The van der Waals surface area contributed by atoms with Crippen molar-refractivity contribution < 1.29 is 15.0 Å². The molecule has 0 fully saturated rings. The van der Waals surface area contributed by atoms with Crippen LogP contribution in [0.4, 0.5) is 0 Å². The third-order valence-corrected chi connectivity index (χ3v) is 2.36. The van der Waals surface area contributed by atoms with Gasteiger partial charge in [0.1, 0.15) is 0 Å². The van der Waals surface area contributed by atoms with Crippen LogP contribution in [0, 0.1) is 0 Å². The van der Waals surface area contributed by atoms with Gasteiger partial charge in [-0.25, -0.2) is 0 Å². The maximum absolute atomic E-state index is 10.4. The van der Waals surface area contributed by atoms with Crippen molar-refractivity contribution in [3.63, 3.8) is 0 Å². The van der Waals surface area contributed by atoms with Crippen molar-refractivity contribution in [2.45, 2.75) is 45.7 Å². The summed E-state index contributed by atoms with van der Waals surface area (Å²) in [6, 6.07) is 0.546. The summed E-state index contributed by atoms with van der Waals surface area (Å²) in [5.74, 6) is -0.760. The smallest absolute Gasteiger partial charge is 0.303 e. The summed E-state index contributed by atoms with van der Waals surface area (Å²) in [4.78, 5) is 12.5. The zero-order valence-electron chi connectivity index (χ0n) is 9.23. The minimum absolute atomic E-state index is 0.121. The van der Waals surface area contributed by atoms with Gasteiger partial charge in [-0.3, -0.25) is 9.69 Å². The Balaban J connectivity index is 4.00. The van der Waals surface area contributed by atoms with Gasteiger partial charge in [-0.2, -0.15) is 0 Å². The van der Waals surface area contributed by atoms with Crippen LogP contribution >= 0.6 is 0 Å². The second-order valence-corrected chi connectivity index (χ2v) is 3.84. The Hall–Kier alpha value is -0.610. The molecule has 0 aliphatic heterocycles. The Labute approximate surface area is 85.5 Å². The highest BCUT2D eigenvalue weighted by atomic mass is 16.4. The molecule has 0 amide bonds. The van der Waals surface area contributed by atoms with E-state index in [0.29, 0.717) is 19.0 Å². The summed E-state index contributed by atoms with van der Waals surface area (Å²) in [6.45, 7) is 6.83. The lowest BCUT2D eigenvalue weighted by Crippen LogP contribution is -2.40. The van der Waals surface area contributed by atoms with E-state index in [-0.39, 0.29) is 19.1 Å². The molecule has 1 unspecified atom stereocenters. The van der Waals surface area contributed by atoms with E-state index < -0.39 is 5.97 Å². The van der Waals surface area contributed by atoms with Crippen LogP contribution < -0.4 is 0 Å². The molecule has 0 aromatic rings. The standard InChI is InChI=1S/C10H21NO3/c1-8(2)11(6-7-12)9(3)4-5-10(13)14/h8-9,12H,4-7H2,1-3H3,(H,13,14). The summed E-state index contributed by atoms with van der Waals surface area (Å²) >= 11 is 0. The number of aliphatic carboxylic acids is 1. The molecule has 0 aliphatic carbocycles. The van der Waals surface area contributed by atoms with E-state index in [9.17, 15) is 4.79 Å². The Morgan fingerprint density at radius 2 is 1.93 bits per heavy atom. The van der Waals surface area contributed by atoms with Crippen LogP contribution in [0.25, 0.3) is 0 Å². The molecule has 84 valence electrons. The number of nitrogens with zero attached hydrogens (tertiary/aromatic N) is 1. The van der Waals surface area contributed by atoms with Crippen LogP contribution in [0.1, 0.15) is 33.6 Å².